The van der Waals surface area contributed by atoms with Gasteiger partial charge in [0.05, 0.1) is 18.2 Å². The van der Waals surface area contributed by atoms with Gasteiger partial charge in [-0.1, -0.05) is 35.0 Å². The first-order chi connectivity index (χ1) is 8.26. The van der Waals surface area contributed by atoms with E-state index in [1.54, 1.807) is 0 Å². The zero-order chi connectivity index (χ0) is 12.3. The summed E-state index contributed by atoms with van der Waals surface area (Å²) < 4.78 is 3.24. The molecule has 90 valence electrons. The summed E-state index contributed by atoms with van der Waals surface area (Å²) >= 11 is 3.44. The van der Waals surface area contributed by atoms with Crippen molar-refractivity contribution >= 4 is 15.9 Å². The highest BCUT2D eigenvalue weighted by atomic mass is 79.9. The molecule has 17 heavy (non-hydrogen) atoms. The lowest BCUT2D eigenvalue weighted by molar-refractivity contribution is 0.500. The van der Waals surface area contributed by atoms with Gasteiger partial charge in [0.15, 0.2) is 0 Å². The van der Waals surface area contributed by atoms with Crippen LogP contribution in [0, 0.1) is 0 Å². The predicted molar refractivity (Wildman–Crippen MR) is 73.7 cm³/mol. The Balaban J connectivity index is 2.39. The average molecular weight is 294 g/mol. The van der Waals surface area contributed by atoms with Gasteiger partial charge in [0.1, 0.15) is 0 Å². The van der Waals surface area contributed by atoms with Crippen molar-refractivity contribution in [2.45, 2.75) is 19.4 Å². The van der Waals surface area contributed by atoms with Crippen molar-refractivity contribution in [1.29, 1.82) is 0 Å². The molecule has 0 saturated heterocycles. The molecule has 1 aromatic heterocycles. The van der Waals surface area contributed by atoms with Gasteiger partial charge in [-0.15, -0.1) is 0 Å². The maximum atomic E-state index is 5.79. The van der Waals surface area contributed by atoms with Gasteiger partial charge < -0.3 is 10.3 Å². The monoisotopic (exact) mass is 293 g/mol. The topological polar surface area (TPSA) is 43.8 Å². The lowest BCUT2D eigenvalue weighted by Gasteiger charge is -2.17. The van der Waals surface area contributed by atoms with Crippen LogP contribution in [0.1, 0.15) is 19.4 Å². The molecule has 1 heterocycles. The van der Waals surface area contributed by atoms with Crippen molar-refractivity contribution in [3.63, 3.8) is 0 Å². The van der Waals surface area contributed by atoms with Crippen LogP contribution in [-0.2, 0) is 0 Å². The number of nitrogens with zero attached hydrogens (tertiary/aromatic N) is 2. The number of hydrogen-bond acceptors (Lipinski definition) is 2. The summed E-state index contributed by atoms with van der Waals surface area (Å²) in [6.45, 7) is 2.78. The number of rotatable bonds is 4. The lowest BCUT2D eigenvalue weighted by atomic mass is 10.1. The molecule has 2 N–H and O–H groups in total. The van der Waals surface area contributed by atoms with E-state index in [0.29, 0.717) is 12.6 Å². The third-order valence-corrected chi connectivity index (χ3v) is 3.47. The number of aromatic nitrogens is 2. The van der Waals surface area contributed by atoms with E-state index in [-0.39, 0.29) is 0 Å². The quantitative estimate of drug-likeness (QED) is 0.941. The molecule has 0 fully saturated rings. The molecule has 1 aromatic carbocycles. The summed E-state index contributed by atoms with van der Waals surface area (Å²) in [6.07, 6.45) is 4.76. The minimum absolute atomic E-state index is 0.316. The molecule has 3 nitrogen and oxygen atoms in total. The summed E-state index contributed by atoms with van der Waals surface area (Å²) in [7, 11) is 0. The molecular weight excluding hydrogens is 278 g/mol. The van der Waals surface area contributed by atoms with Crippen LogP contribution in [0.5, 0.6) is 0 Å². The van der Waals surface area contributed by atoms with E-state index in [4.69, 9.17) is 5.73 Å². The van der Waals surface area contributed by atoms with Gasteiger partial charge in [0, 0.05) is 17.1 Å². The number of nitrogens with two attached hydrogens (primary N) is 1. The second-order valence-corrected chi connectivity index (χ2v) is 4.91. The fourth-order valence-electron chi connectivity index (χ4n) is 1.92. The smallest absolute Gasteiger partial charge is 0.0954 e. The molecule has 1 atom stereocenters. The molecule has 0 aliphatic heterocycles. The summed E-state index contributed by atoms with van der Waals surface area (Å²) in [5.41, 5.74) is 8.07. The van der Waals surface area contributed by atoms with E-state index < -0.39 is 0 Å². The molecule has 0 radical (unpaired) electrons. The standard InChI is InChI=1S/C13H16BrN3/c1-2-12(7-15)17-9-16-8-13(17)10-3-5-11(14)6-4-10/h3-6,8-9,12H,2,7,15H2,1H3. The summed E-state index contributed by atoms with van der Waals surface area (Å²) in [5, 5.41) is 0. The van der Waals surface area contributed by atoms with Gasteiger partial charge in [-0.2, -0.15) is 0 Å². The third kappa shape index (κ3) is 2.58. The second kappa shape index (κ2) is 5.47. The number of halogens is 1. The van der Waals surface area contributed by atoms with E-state index in [1.165, 1.54) is 0 Å². The van der Waals surface area contributed by atoms with Gasteiger partial charge in [-0.25, -0.2) is 4.98 Å². The van der Waals surface area contributed by atoms with Crippen molar-refractivity contribution < 1.29 is 0 Å². The normalized spacial score (nSPS) is 12.6. The Morgan fingerprint density at radius 3 is 2.65 bits per heavy atom. The van der Waals surface area contributed by atoms with E-state index >= 15 is 0 Å². The number of benzene rings is 1. The van der Waals surface area contributed by atoms with E-state index in [9.17, 15) is 0 Å². The molecule has 0 amide bonds. The van der Waals surface area contributed by atoms with Crippen LogP contribution in [0.4, 0.5) is 0 Å². The predicted octanol–water partition coefficient (Wildman–Crippen LogP) is 3.22. The SMILES string of the molecule is CCC(CN)n1cncc1-c1ccc(Br)cc1. The number of hydrogen-bond donors (Lipinski definition) is 1. The highest BCUT2D eigenvalue weighted by Gasteiger charge is 2.11. The largest absolute Gasteiger partial charge is 0.328 e. The van der Waals surface area contributed by atoms with Crippen LogP contribution in [-0.4, -0.2) is 16.1 Å². The van der Waals surface area contributed by atoms with Crippen LogP contribution in [0.2, 0.25) is 0 Å². The van der Waals surface area contributed by atoms with Crippen molar-refractivity contribution in [1.82, 2.24) is 9.55 Å². The lowest BCUT2D eigenvalue weighted by Crippen LogP contribution is -2.18. The Labute approximate surface area is 110 Å². The molecule has 0 bridgehead atoms. The number of imidazole rings is 1. The van der Waals surface area contributed by atoms with Crippen molar-refractivity contribution in [3.05, 3.63) is 41.3 Å². The first-order valence-electron chi connectivity index (χ1n) is 5.74. The Kier molecular flexibility index (Phi) is 3.97. The van der Waals surface area contributed by atoms with Crippen LogP contribution in [0.15, 0.2) is 41.3 Å². The van der Waals surface area contributed by atoms with Crippen molar-refractivity contribution in [2.24, 2.45) is 5.73 Å². The third-order valence-electron chi connectivity index (χ3n) is 2.94. The van der Waals surface area contributed by atoms with Crippen LogP contribution in [0.25, 0.3) is 11.3 Å². The van der Waals surface area contributed by atoms with Crippen LogP contribution in [0.3, 0.4) is 0 Å². The molecule has 2 aromatic rings. The minimum atomic E-state index is 0.316. The molecule has 2 rings (SSSR count). The Morgan fingerprint density at radius 1 is 1.35 bits per heavy atom. The van der Waals surface area contributed by atoms with Crippen molar-refractivity contribution in [3.8, 4) is 11.3 Å². The fourth-order valence-corrected chi connectivity index (χ4v) is 2.18. The summed E-state index contributed by atoms with van der Waals surface area (Å²) in [4.78, 5) is 4.23. The first-order valence-corrected chi connectivity index (χ1v) is 6.53. The summed E-state index contributed by atoms with van der Waals surface area (Å²) in [5.74, 6) is 0. The molecular formula is C13H16BrN3. The molecule has 4 heteroatoms. The van der Waals surface area contributed by atoms with Gasteiger partial charge in [-0.3, -0.25) is 0 Å². The van der Waals surface area contributed by atoms with Gasteiger partial charge in [0.25, 0.3) is 0 Å². The van der Waals surface area contributed by atoms with Crippen LogP contribution < -0.4 is 5.73 Å². The summed E-state index contributed by atoms with van der Waals surface area (Å²) in [6, 6.07) is 8.56. The second-order valence-electron chi connectivity index (χ2n) is 3.99. The molecule has 0 aliphatic carbocycles. The molecule has 0 spiro atoms. The zero-order valence-corrected chi connectivity index (χ0v) is 11.4. The van der Waals surface area contributed by atoms with E-state index in [2.05, 4.69) is 44.5 Å². The zero-order valence-electron chi connectivity index (χ0n) is 9.81. The molecule has 0 saturated carbocycles. The van der Waals surface area contributed by atoms with Gasteiger partial charge in [-0.05, 0) is 24.1 Å². The molecule has 1 unspecified atom stereocenters. The highest BCUT2D eigenvalue weighted by molar-refractivity contribution is 9.10. The van der Waals surface area contributed by atoms with E-state index in [0.717, 1.165) is 22.2 Å². The maximum Gasteiger partial charge on any atom is 0.0954 e. The minimum Gasteiger partial charge on any atom is -0.328 e. The van der Waals surface area contributed by atoms with Gasteiger partial charge >= 0.3 is 0 Å². The van der Waals surface area contributed by atoms with Crippen LogP contribution >= 0.6 is 15.9 Å². The Morgan fingerprint density at radius 2 is 2.06 bits per heavy atom. The van der Waals surface area contributed by atoms with Crippen molar-refractivity contribution in [2.75, 3.05) is 6.54 Å². The average Bonchev–Trinajstić information content (AvgIpc) is 2.81. The highest BCUT2D eigenvalue weighted by Crippen LogP contribution is 2.24. The van der Waals surface area contributed by atoms with Gasteiger partial charge in [0.2, 0.25) is 0 Å². The molecule has 0 aliphatic rings. The fraction of sp³-hybridized carbons (Fsp3) is 0.308. The first kappa shape index (κ1) is 12.3. The Hall–Kier alpha value is -1.13. The maximum absolute atomic E-state index is 5.79. The Bertz CT molecular complexity index is 472. The van der Waals surface area contributed by atoms with E-state index in [1.807, 2.05) is 24.7 Å².